The van der Waals surface area contributed by atoms with Gasteiger partial charge in [0, 0.05) is 67.1 Å². The molecule has 3 nitrogen and oxygen atoms in total. The average molecular weight is 360 g/mol. The van der Waals surface area contributed by atoms with Crippen LogP contribution in [0.25, 0.3) is 0 Å². The molecule has 1 N–H and O–H groups in total. The number of nitrogens with one attached hydrogen (secondary N) is 1. The lowest BCUT2D eigenvalue weighted by atomic mass is 10.2. The maximum absolute atomic E-state index is 3.54. The van der Waals surface area contributed by atoms with Crippen LogP contribution >= 0.6 is 27.3 Å². The van der Waals surface area contributed by atoms with Gasteiger partial charge in [-0.05, 0) is 27.9 Å². The van der Waals surface area contributed by atoms with Crippen LogP contribution in [-0.4, -0.2) is 55.6 Å². The minimum absolute atomic E-state index is 0.785. The summed E-state index contributed by atoms with van der Waals surface area (Å²) >= 11 is 5.31. The molecule has 2 rings (SSSR count). The second-order valence-corrected chi connectivity index (χ2v) is 7.86. The number of halogens is 1. The summed E-state index contributed by atoms with van der Waals surface area (Å²) in [7, 11) is 0. The van der Waals surface area contributed by atoms with E-state index < -0.39 is 0 Å². The average Bonchev–Trinajstić information content (AvgIpc) is 2.82. The van der Waals surface area contributed by atoms with Gasteiger partial charge in [0.1, 0.15) is 0 Å². The fourth-order valence-corrected chi connectivity index (χ4v) is 4.03. The molecule has 1 aliphatic heterocycles. The molecule has 0 amide bonds. The van der Waals surface area contributed by atoms with Gasteiger partial charge in [-0.2, -0.15) is 0 Å². The van der Waals surface area contributed by atoms with Gasteiger partial charge < -0.3 is 10.2 Å². The standard InChI is InChI=1S/C15H26BrN3S/c1-13(2)11-19-7-5-18(6-8-19)4-3-17-10-15-9-14(16)12-20-15/h9,12-13,17H,3-8,10-11H2,1-2H3. The molecule has 0 aromatic carbocycles. The zero-order valence-electron chi connectivity index (χ0n) is 12.6. The number of hydrogen-bond donors (Lipinski definition) is 1. The number of rotatable bonds is 7. The van der Waals surface area contributed by atoms with Crippen LogP contribution in [0.5, 0.6) is 0 Å². The predicted molar refractivity (Wildman–Crippen MR) is 91.4 cm³/mol. The van der Waals surface area contributed by atoms with E-state index in [-0.39, 0.29) is 0 Å². The minimum Gasteiger partial charge on any atom is -0.311 e. The van der Waals surface area contributed by atoms with Gasteiger partial charge in [0.25, 0.3) is 0 Å². The second-order valence-electron chi connectivity index (χ2n) is 5.94. The van der Waals surface area contributed by atoms with Gasteiger partial charge in [-0.25, -0.2) is 0 Å². The lowest BCUT2D eigenvalue weighted by Gasteiger charge is -2.35. The van der Waals surface area contributed by atoms with Gasteiger partial charge in [-0.15, -0.1) is 11.3 Å². The summed E-state index contributed by atoms with van der Waals surface area (Å²) in [5, 5.41) is 5.68. The molecule has 2 heterocycles. The van der Waals surface area contributed by atoms with Crippen molar-refractivity contribution in [2.24, 2.45) is 5.92 Å². The molecule has 1 saturated heterocycles. The molecule has 0 bridgehead atoms. The second kappa shape index (κ2) is 8.49. The summed E-state index contributed by atoms with van der Waals surface area (Å²) < 4.78 is 1.19. The molecule has 0 spiro atoms. The first-order valence-corrected chi connectivity index (χ1v) is 9.19. The molecular weight excluding hydrogens is 334 g/mol. The fraction of sp³-hybridized carbons (Fsp3) is 0.733. The van der Waals surface area contributed by atoms with Gasteiger partial charge in [0.2, 0.25) is 0 Å². The van der Waals surface area contributed by atoms with E-state index in [4.69, 9.17) is 0 Å². The van der Waals surface area contributed by atoms with Crippen molar-refractivity contribution in [3.63, 3.8) is 0 Å². The van der Waals surface area contributed by atoms with Crippen LogP contribution in [0.4, 0.5) is 0 Å². The largest absolute Gasteiger partial charge is 0.311 e. The smallest absolute Gasteiger partial charge is 0.0300 e. The zero-order valence-corrected chi connectivity index (χ0v) is 15.0. The number of piperazine rings is 1. The predicted octanol–water partition coefficient (Wildman–Crippen LogP) is 2.87. The first kappa shape index (κ1) is 16.4. The van der Waals surface area contributed by atoms with Crippen LogP contribution in [0.1, 0.15) is 18.7 Å². The molecule has 1 aromatic rings. The molecule has 0 radical (unpaired) electrons. The van der Waals surface area contributed by atoms with Crippen molar-refractivity contribution in [3.8, 4) is 0 Å². The van der Waals surface area contributed by atoms with Crippen LogP contribution in [-0.2, 0) is 6.54 Å². The van der Waals surface area contributed by atoms with Crippen LogP contribution in [0.2, 0.25) is 0 Å². The number of thiophene rings is 1. The van der Waals surface area contributed by atoms with Crippen LogP contribution in [0.3, 0.4) is 0 Å². The van der Waals surface area contributed by atoms with Gasteiger partial charge >= 0.3 is 0 Å². The van der Waals surface area contributed by atoms with Crippen molar-refractivity contribution in [1.82, 2.24) is 15.1 Å². The lowest BCUT2D eigenvalue weighted by molar-refractivity contribution is 0.123. The summed E-state index contributed by atoms with van der Waals surface area (Å²) in [6.45, 7) is 14.0. The third-order valence-corrected chi connectivity index (χ3v) is 5.31. The third-order valence-electron chi connectivity index (χ3n) is 3.61. The van der Waals surface area contributed by atoms with Gasteiger partial charge in [0.05, 0.1) is 0 Å². The quantitative estimate of drug-likeness (QED) is 0.755. The highest BCUT2D eigenvalue weighted by molar-refractivity contribution is 9.10. The number of nitrogens with zero attached hydrogens (tertiary/aromatic N) is 2. The molecule has 114 valence electrons. The molecule has 5 heteroatoms. The topological polar surface area (TPSA) is 18.5 Å². The monoisotopic (exact) mass is 359 g/mol. The minimum atomic E-state index is 0.785. The summed E-state index contributed by atoms with van der Waals surface area (Å²) in [4.78, 5) is 6.57. The Morgan fingerprint density at radius 3 is 2.55 bits per heavy atom. The molecule has 20 heavy (non-hydrogen) atoms. The Hall–Kier alpha value is 0.0600. The molecule has 0 unspecified atom stereocenters. The van der Waals surface area contributed by atoms with Gasteiger partial charge in [-0.3, -0.25) is 4.90 Å². The summed E-state index contributed by atoms with van der Waals surface area (Å²) in [5.41, 5.74) is 0. The third kappa shape index (κ3) is 5.82. The zero-order chi connectivity index (χ0) is 14.4. The fourth-order valence-electron chi connectivity index (χ4n) is 2.61. The highest BCUT2D eigenvalue weighted by atomic mass is 79.9. The van der Waals surface area contributed by atoms with Crippen molar-refractivity contribution < 1.29 is 0 Å². The molecule has 1 aromatic heterocycles. The van der Waals surface area contributed by atoms with E-state index >= 15 is 0 Å². The normalized spacial score (nSPS) is 18.0. The van der Waals surface area contributed by atoms with E-state index in [1.54, 1.807) is 0 Å². The van der Waals surface area contributed by atoms with Crippen molar-refractivity contribution >= 4 is 27.3 Å². The molecule has 1 aliphatic rings. The Labute approximate surface area is 135 Å². The summed E-state index contributed by atoms with van der Waals surface area (Å²) in [6, 6.07) is 2.20. The van der Waals surface area contributed by atoms with E-state index in [0.717, 1.165) is 19.0 Å². The van der Waals surface area contributed by atoms with Crippen LogP contribution in [0, 0.1) is 5.92 Å². The van der Waals surface area contributed by atoms with Crippen molar-refractivity contribution in [2.75, 3.05) is 45.8 Å². The van der Waals surface area contributed by atoms with Crippen molar-refractivity contribution in [1.29, 1.82) is 0 Å². The lowest BCUT2D eigenvalue weighted by Crippen LogP contribution is -2.48. The first-order valence-electron chi connectivity index (χ1n) is 7.52. The van der Waals surface area contributed by atoms with Crippen LogP contribution < -0.4 is 5.32 Å². The number of hydrogen-bond acceptors (Lipinski definition) is 4. The Bertz CT molecular complexity index is 386. The van der Waals surface area contributed by atoms with Crippen molar-refractivity contribution in [2.45, 2.75) is 20.4 Å². The highest BCUT2D eigenvalue weighted by Crippen LogP contribution is 2.19. The Morgan fingerprint density at radius 2 is 1.95 bits per heavy atom. The summed E-state index contributed by atoms with van der Waals surface area (Å²) in [6.07, 6.45) is 0. The Kier molecular flexibility index (Phi) is 6.97. The van der Waals surface area contributed by atoms with Gasteiger partial charge in [-0.1, -0.05) is 13.8 Å². The SMILES string of the molecule is CC(C)CN1CCN(CCNCc2cc(Br)cs2)CC1. The van der Waals surface area contributed by atoms with E-state index in [9.17, 15) is 0 Å². The highest BCUT2D eigenvalue weighted by Gasteiger charge is 2.16. The van der Waals surface area contributed by atoms with Crippen LogP contribution in [0.15, 0.2) is 15.9 Å². The first-order chi connectivity index (χ1) is 9.63. The van der Waals surface area contributed by atoms with E-state index in [2.05, 4.69) is 56.3 Å². The van der Waals surface area contributed by atoms with E-state index in [1.165, 1.54) is 48.6 Å². The maximum Gasteiger partial charge on any atom is 0.0300 e. The van der Waals surface area contributed by atoms with Gasteiger partial charge in [0.15, 0.2) is 0 Å². The molecule has 0 aliphatic carbocycles. The van der Waals surface area contributed by atoms with Crippen molar-refractivity contribution in [3.05, 3.63) is 20.8 Å². The molecule has 1 fully saturated rings. The Morgan fingerprint density at radius 1 is 1.25 bits per heavy atom. The molecular formula is C15H26BrN3S. The molecule has 0 saturated carbocycles. The maximum atomic E-state index is 3.54. The van der Waals surface area contributed by atoms with E-state index in [0.29, 0.717) is 0 Å². The summed E-state index contributed by atoms with van der Waals surface area (Å²) in [5.74, 6) is 0.785. The Balaban J connectivity index is 1.55. The van der Waals surface area contributed by atoms with E-state index in [1.807, 2.05) is 11.3 Å². The molecule has 0 atom stereocenters.